The van der Waals surface area contributed by atoms with Gasteiger partial charge in [-0.1, -0.05) is 17.7 Å². The Labute approximate surface area is 165 Å². The molecule has 1 aromatic heterocycles. The van der Waals surface area contributed by atoms with E-state index in [0.717, 1.165) is 41.8 Å². The average molecular weight is 463 g/mol. The maximum absolute atomic E-state index is 6.24. The van der Waals surface area contributed by atoms with Gasteiger partial charge in [0.2, 0.25) is 0 Å². The number of benzene rings is 1. The van der Waals surface area contributed by atoms with Crippen LogP contribution in [0.2, 0.25) is 5.02 Å². The van der Waals surface area contributed by atoms with Crippen molar-refractivity contribution in [3.05, 3.63) is 52.8 Å². The summed E-state index contributed by atoms with van der Waals surface area (Å²) in [6.07, 6.45) is 4.92. The number of rotatable bonds is 6. The lowest BCUT2D eigenvalue weighted by molar-refractivity contribution is 0.414. The zero-order valence-corrected chi connectivity index (χ0v) is 17.3. The molecular formula is C17H24ClIN4O. The molecule has 24 heavy (non-hydrogen) atoms. The van der Waals surface area contributed by atoms with Gasteiger partial charge in [0.25, 0.3) is 0 Å². The van der Waals surface area contributed by atoms with Gasteiger partial charge in [-0.25, -0.2) is 0 Å². The van der Waals surface area contributed by atoms with Gasteiger partial charge < -0.3 is 19.9 Å². The number of aryl methyl sites for hydroxylation is 1. The molecule has 2 N–H and O–H groups in total. The smallest absolute Gasteiger partial charge is 0.191 e. The number of hydrogen-bond acceptors (Lipinski definition) is 2. The summed E-state index contributed by atoms with van der Waals surface area (Å²) >= 11 is 6.24. The molecular weight excluding hydrogens is 439 g/mol. The lowest BCUT2D eigenvalue weighted by atomic mass is 10.1. The Bertz CT molecular complexity index is 672. The van der Waals surface area contributed by atoms with Crippen molar-refractivity contribution in [3.63, 3.8) is 0 Å². The summed E-state index contributed by atoms with van der Waals surface area (Å²) < 4.78 is 7.18. The zero-order chi connectivity index (χ0) is 16.7. The van der Waals surface area contributed by atoms with Gasteiger partial charge in [0.1, 0.15) is 5.75 Å². The summed E-state index contributed by atoms with van der Waals surface area (Å²) in [7, 11) is 5.41. The molecule has 0 bridgehead atoms. The number of nitrogens with one attached hydrogen (secondary N) is 2. The lowest BCUT2D eigenvalue weighted by Crippen LogP contribution is -2.37. The van der Waals surface area contributed by atoms with Crippen LogP contribution in [0.4, 0.5) is 0 Å². The van der Waals surface area contributed by atoms with E-state index in [-0.39, 0.29) is 24.0 Å². The van der Waals surface area contributed by atoms with E-state index in [9.17, 15) is 0 Å². The molecule has 1 heterocycles. The summed E-state index contributed by atoms with van der Waals surface area (Å²) in [5, 5.41) is 7.30. The second-order valence-corrected chi connectivity index (χ2v) is 5.65. The number of nitrogens with zero attached hydrogens (tertiary/aromatic N) is 2. The van der Waals surface area contributed by atoms with Gasteiger partial charge in [-0.3, -0.25) is 4.99 Å². The van der Waals surface area contributed by atoms with E-state index in [0.29, 0.717) is 0 Å². The molecule has 5 nitrogen and oxygen atoms in total. The minimum Gasteiger partial charge on any atom is -0.497 e. The zero-order valence-electron chi connectivity index (χ0n) is 14.2. The van der Waals surface area contributed by atoms with Crippen molar-refractivity contribution in [2.24, 2.45) is 12.0 Å². The van der Waals surface area contributed by atoms with Crippen LogP contribution in [0.3, 0.4) is 0 Å². The van der Waals surface area contributed by atoms with Gasteiger partial charge in [-0.05, 0) is 35.7 Å². The summed E-state index contributed by atoms with van der Waals surface area (Å²) in [5.41, 5.74) is 2.30. The van der Waals surface area contributed by atoms with Crippen LogP contribution in [0, 0.1) is 0 Å². The molecule has 7 heteroatoms. The average Bonchev–Trinajstić information content (AvgIpc) is 2.97. The minimum absolute atomic E-state index is 0. The van der Waals surface area contributed by atoms with Crippen molar-refractivity contribution in [1.82, 2.24) is 15.2 Å². The van der Waals surface area contributed by atoms with Gasteiger partial charge in [-0.2, -0.15) is 0 Å². The summed E-state index contributed by atoms with van der Waals surface area (Å²) in [5.74, 6) is 1.55. The maximum atomic E-state index is 6.24. The number of methoxy groups -OCH3 is 1. The van der Waals surface area contributed by atoms with Gasteiger partial charge >= 0.3 is 0 Å². The molecule has 0 saturated heterocycles. The van der Waals surface area contributed by atoms with E-state index >= 15 is 0 Å². The quantitative estimate of drug-likeness (QED) is 0.394. The number of aromatic nitrogens is 1. The molecule has 0 amide bonds. The van der Waals surface area contributed by atoms with E-state index in [4.69, 9.17) is 16.3 Å². The van der Waals surface area contributed by atoms with Crippen LogP contribution in [-0.4, -0.2) is 31.2 Å². The first-order chi connectivity index (χ1) is 11.1. The fourth-order valence-corrected chi connectivity index (χ4v) is 2.51. The predicted octanol–water partition coefficient (Wildman–Crippen LogP) is 3.21. The first-order valence-corrected chi connectivity index (χ1v) is 7.88. The van der Waals surface area contributed by atoms with Crippen LogP contribution in [0.5, 0.6) is 5.75 Å². The van der Waals surface area contributed by atoms with Crippen molar-refractivity contribution in [3.8, 4) is 5.75 Å². The Hall–Kier alpha value is -1.41. The molecule has 0 aliphatic heterocycles. The fraction of sp³-hybridized carbons (Fsp3) is 0.353. The summed E-state index contributed by atoms with van der Waals surface area (Å²) in [6, 6.07) is 7.82. The molecule has 0 fully saturated rings. The standard InChI is InChI=1S/C17H23ClN4O.HI/c1-19-17(21-11-13-7-9-22(2)12-13)20-8-6-14-4-5-15(23-3)10-16(14)18;/h4-5,7,9-10,12H,6,8,11H2,1-3H3,(H2,19,20,21);1H. The Morgan fingerprint density at radius 3 is 2.67 bits per heavy atom. The molecule has 0 aliphatic rings. The van der Waals surface area contributed by atoms with Crippen molar-refractivity contribution in [1.29, 1.82) is 0 Å². The molecule has 0 radical (unpaired) electrons. The summed E-state index contributed by atoms with van der Waals surface area (Å²) in [4.78, 5) is 4.23. The Morgan fingerprint density at radius 1 is 1.29 bits per heavy atom. The van der Waals surface area contributed by atoms with Crippen LogP contribution in [0.25, 0.3) is 0 Å². The maximum Gasteiger partial charge on any atom is 0.191 e. The molecule has 1 aromatic carbocycles. The van der Waals surface area contributed by atoms with Gasteiger partial charge in [0.05, 0.1) is 7.11 Å². The van der Waals surface area contributed by atoms with Crippen molar-refractivity contribution < 1.29 is 4.74 Å². The normalized spacial score (nSPS) is 10.9. The molecule has 0 unspecified atom stereocenters. The monoisotopic (exact) mass is 462 g/mol. The highest BCUT2D eigenvalue weighted by atomic mass is 127. The number of ether oxygens (including phenoxy) is 1. The minimum atomic E-state index is 0. The SMILES string of the molecule is CN=C(NCCc1ccc(OC)cc1Cl)NCc1ccn(C)c1.I. The molecule has 2 aromatic rings. The number of aliphatic imine (C=N–C) groups is 1. The number of halogens is 2. The molecule has 0 saturated carbocycles. The molecule has 0 spiro atoms. The van der Waals surface area contributed by atoms with Crippen molar-refractivity contribution in [2.45, 2.75) is 13.0 Å². The third-order valence-electron chi connectivity index (χ3n) is 3.52. The first kappa shape index (κ1) is 20.6. The third kappa shape index (κ3) is 6.24. The molecule has 0 aliphatic carbocycles. The van der Waals surface area contributed by atoms with Gasteiger partial charge in [0.15, 0.2) is 5.96 Å². The lowest BCUT2D eigenvalue weighted by Gasteiger charge is -2.12. The van der Waals surface area contributed by atoms with Gasteiger partial charge in [-0.15, -0.1) is 24.0 Å². The first-order valence-electron chi connectivity index (χ1n) is 7.50. The van der Waals surface area contributed by atoms with E-state index < -0.39 is 0 Å². The number of hydrogen-bond donors (Lipinski definition) is 2. The topological polar surface area (TPSA) is 50.6 Å². The molecule has 2 rings (SSSR count). The van der Waals surface area contributed by atoms with Crippen LogP contribution in [0.15, 0.2) is 41.7 Å². The van der Waals surface area contributed by atoms with Crippen LogP contribution in [-0.2, 0) is 20.0 Å². The highest BCUT2D eigenvalue weighted by molar-refractivity contribution is 14.0. The van der Waals surface area contributed by atoms with Crippen LogP contribution < -0.4 is 15.4 Å². The highest BCUT2D eigenvalue weighted by Crippen LogP contribution is 2.22. The Morgan fingerprint density at radius 2 is 2.08 bits per heavy atom. The third-order valence-corrected chi connectivity index (χ3v) is 3.88. The van der Waals surface area contributed by atoms with Crippen molar-refractivity contribution >= 4 is 41.5 Å². The second kappa shape index (κ2) is 10.5. The fourth-order valence-electron chi connectivity index (χ4n) is 2.25. The van der Waals surface area contributed by atoms with Gasteiger partial charge in [0, 0.05) is 44.6 Å². The van der Waals surface area contributed by atoms with E-state index in [1.54, 1.807) is 14.2 Å². The van der Waals surface area contributed by atoms with E-state index in [1.165, 1.54) is 5.56 Å². The van der Waals surface area contributed by atoms with E-state index in [1.807, 2.05) is 36.0 Å². The van der Waals surface area contributed by atoms with Crippen LogP contribution in [0.1, 0.15) is 11.1 Å². The Kier molecular flexibility index (Phi) is 8.99. The molecule has 132 valence electrons. The predicted molar refractivity (Wildman–Crippen MR) is 111 cm³/mol. The Balaban J connectivity index is 0.00000288. The summed E-state index contributed by atoms with van der Waals surface area (Å²) in [6.45, 7) is 1.49. The highest BCUT2D eigenvalue weighted by Gasteiger charge is 2.04. The van der Waals surface area contributed by atoms with Crippen LogP contribution >= 0.6 is 35.6 Å². The second-order valence-electron chi connectivity index (χ2n) is 5.25. The largest absolute Gasteiger partial charge is 0.497 e. The molecule has 0 atom stereocenters. The number of guanidine groups is 1. The van der Waals surface area contributed by atoms with E-state index in [2.05, 4.69) is 27.9 Å². The van der Waals surface area contributed by atoms with Crippen molar-refractivity contribution in [2.75, 3.05) is 20.7 Å².